The molecular formula is C13H20N4O. The van der Waals surface area contributed by atoms with Gasteiger partial charge < -0.3 is 14.3 Å². The third-order valence-corrected chi connectivity index (χ3v) is 2.87. The Balaban J connectivity index is 1.85. The molecule has 2 aromatic rings. The largest absolute Gasteiger partial charge is 0.408 e. The first-order chi connectivity index (χ1) is 8.65. The molecule has 0 unspecified atom stereocenters. The van der Waals surface area contributed by atoms with Crippen molar-refractivity contribution in [2.24, 2.45) is 13.0 Å². The predicted molar refractivity (Wildman–Crippen MR) is 70.2 cm³/mol. The molecule has 0 spiro atoms. The Morgan fingerprint density at radius 1 is 1.39 bits per heavy atom. The van der Waals surface area contributed by atoms with E-state index in [2.05, 4.69) is 40.0 Å². The first-order valence-electron chi connectivity index (χ1n) is 6.31. The zero-order valence-electron chi connectivity index (χ0n) is 11.2. The second kappa shape index (κ2) is 5.71. The van der Waals surface area contributed by atoms with Gasteiger partial charge in [-0.1, -0.05) is 18.9 Å². The van der Waals surface area contributed by atoms with E-state index in [1.165, 1.54) is 5.69 Å². The van der Waals surface area contributed by atoms with E-state index in [9.17, 15) is 0 Å². The molecule has 0 aliphatic heterocycles. The minimum absolute atomic E-state index is 0.495. The van der Waals surface area contributed by atoms with Crippen LogP contribution in [0.1, 0.15) is 31.9 Å². The van der Waals surface area contributed by atoms with Crippen LogP contribution in [0.15, 0.2) is 22.7 Å². The van der Waals surface area contributed by atoms with Gasteiger partial charge in [-0.15, -0.1) is 5.10 Å². The van der Waals surface area contributed by atoms with Crippen molar-refractivity contribution in [2.45, 2.75) is 33.2 Å². The first-order valence-corrected chi connectivity index (χ1v) is 6.31. The molecular weight excluding hydrogens is 228 g/mol. The Bertz CT molecular complexity index is 487. The number of anilines is 1. The molecule has 2 heterocycles. The fourth-order valence-corrected chi connectivity index (χ4v) is 1.68. The van der Waals surface area contributed by atoms with E-state index < -0.39 is 0 Å². The Hall–Kier alpha value is -1.78. The van der Waals surface area contributed by atoms with Gasteiger partial charge in [0.25, 0.3) is 0 Å². The topological polar surface area (TPSA) is 55.9 Å². The molecule has 0 fully saturated rings. The van der Waals surface area contributed by atoms with Gasteiger partial charge in [0.05, 0.1) is 6.54 Å². The van der Waals surface area contributed by atoms with Crippen LogP contribution >= 0.6 is 0 Å². The van der Waals surface area contributed by atoms with Gasteiger partial charge in [0.15, 0.2) is 0 Å². The Labute approximate surface area is 107 Å². The van der Waals surface area contributed by atoms with Gasteiger partial charge >= 0.3 is 6.01 Å². The number of aromatic nitrogens is 3. The fourth-order valence-electron chi connectivity index (χ4n) is 1.68. The SMILES string of the molecule is CC(C)CCc1nnc(NCc2cccn2C)o1. The van der Waals surface area contributed by atoms with Crippen molar-refractivity contribution >= 4 is 6.01 Å². The summed E-state index contributed by atoms with van der Waals surface area (Å²) in [5, 5.41) is 11.1. The minimum atomic E-state index is 0.495. The molecule has 0 amide bonds. The molecule has 0 aromatic carbocycles. The van der Waals surface area contributed by atoms with Gasteiger partial charge in [-0.05, 0) is 24.5 Å². The van der Waals surface area contributed by atoms with Crippen molar-refractivity contribution in [1.29, 1.82) is 0 Å². The van der Waals surface area contributed by atoms with E-state index >= 15 is 0 Å². The standard InChI is InChI=1S/C13H20N4O/c1-10(2)6-7-12-15-16-13(18-12)14-9-11-5-4-8-17(11)3/h4-5,8,10H,6-7,9H2,1-3H3,(H,14,16). The van der Waals surface area contributed by atoms with Gasteiger partial charge in [-0.3, -0.25) is 0 Å². The molecule has 0 atom stereocenters. The second-order valence-electron chi connectivity index (χ2n) is 4.90. The zero-order chi connectivity index (χ0) is 13.0. The molecule has 0 saturated carbocycles. The van der Waals surface area contributed by atoms with E-state index in [-0.39, 0.29) is 0 Å². The van der Waals surface area contributed by atoms with Crippen molar-refractivity contribution in [3.63, 3.8) is 0 Å². The van der Waals surface area contributed by atoms with E-state index in [1.54, 1.807) is 0 Å². The molecule has 0 aliphatic carbocycles. The van der Waals surface area contributed by atoms with Crippen LogP contribution in [0.25, 0.3) is 0 Å². The smallest absolute Gasteiger partial charge is 0.315 e. The summed E-state index contributed by atoms with van der Waals surface area (Å²) in [7, 11) is 2.01. The van der Waals surface area contributed by atoms with Crippen molar-refractivity contribution < 1.29 is 4.42 Å². The molecule has 98 valence electrons. The van der Waals surface area contributed by atoms with Crippen LogP contribution in [-0.4, -0.2) is 14.8 Å². The Morgan fingerprint density at radius 3 is 2.89 bits per heavy atom. The summed E-state index contributed by atoms with van der Waals surface area (Å²) in [5.74, 6) is 1.36. The normalized spacial score (nSPS) is 11.1. The monoisotopic (exact) mass is 248 g/mol. The van der Waals surface area contributed by atoms with Crippen molar-refractivity contribution in [1.82, 2.24) is 14.8 Å². The summed E-state index contributed by atoms with van der Waals surface area (Å²) >= 11 is 0. The van der Waals surface area contributed by atoms with Gasteiger partial charge in [0, 0.05) is 25.4 Å². The summed E-state index contributed by atoms with van der Waals surface area (Å²) in [6, 6.07) is 4.57. The summed E-state index contributed by atoms with van der Waals surface area (Å²) < 4.78 is 7.59. The number of hydrogen-bond acceptors (Lipinski definition) is 4. The highest BCUT2D eigenvalue weighted by atomic mass is 16.4. The van der Waals surface area contributed by atoms with Gasteiger partial charge in [0.2, 0.25) is 5.89 Å². The molecule has 0 saturated heterocycles. The maximum atomic E-state index is 5.53. The lowest BCUT2D eigenvalue weighted by atomic mass is 10.1. The summed E-state index contributed by atoms with van der Waals surface area (Å²) in [5.41, 5.74) is 1.18. The maximum Gasteiger partial charge on any atom is 0.315 e. The quantitative estimate of drug-likeness (QED) is 0.853. The fraction of sp³-hybridized carbons (Fsp3) is 0.538. The maximum absolute atomic E-state index is 5.53. The molecule has 18 heavy (non-hydrogen) atoms. The third-order valence-electron chi connectivity index (χ3n) is 2.87. The Morgan fingerprint density at radius 2 is 2.22 bits per heavy atom. The first kappa shape index (κ1) is 12.7. The van der Waals surface area contributed by atoms with E-state index in [0.717, 1.165) is 12.8 Å². The van der Waals surface area contributed by atoms with E-state index in [4.69, 9.17) is 4.42 Å². The van der Waals surface area contributed by atoms with Crippen LogP contribution < -0.4 is 5.32 Å². The average molecular weight is 248 g/mol. The minimum Gasteiger partial charge on any atom is -0.408 e. The van der Waals surface area contributed by atoms with Gasteiger partial charge in [-0.25, -0.2) is 0 Å². The van der Waals surface area contributed by atoms with Crippen molar-refractivity contribution in [2.75, 3.05) is 5.32 Å². The lowest BCUT2D eigenvalue weighted by molar-refractivity contribution is 0.469. The average Bonchev–Trinajstić information content (AvgIpc) is 2.93. The lowest BCUT2D eigenvalue weighted by Crippen LogP contribution is -2.04. The van der Waals surface area contributed by atoms with Crippen LogP contribution in [0.5, 0.6) is 0 Å². The van der Waals surface area contributed by atoms with Crippen LogP contribution in [-0.2, 0) is 20.0 Å². The molecule has 0 bridgehead atoms. The van der Waals surface area contributed by atoms with Crippen LogP contribution in [0, 0.1) is 5.92 Å². The number of rotatable bonds is 6. The molecule has 5 nitrogen and oxygen atoms in total. The van der Waals surface area contributed by atoms with E-state index in [1.807, 2.05) is 19.3 Å². The number of hydrogen-bond donors (Lipinski definition) is 1. The highest BCUT2D eigenvalue weighted by Crippen LogP contribution is 2.11. The summed E-state index contributed by atoms with van der Waals surface area (Å²) in [6.07, 6.45) is 3.93. The summed E-state index contributed by atoms with van der Waals surface area (Å²) in [4.78, 5) is 0. The molecule has 2 aromatic heterocycles. The van der Waals surface area contributed by atoms with Crippen LogP contribution in [0.4, 0.5) is 6.01 Å². The number of aryl methyl sites for hydroxylation is 2. The Kier molecular flexibility index (Phi) is 4.02. The zero-order valence-corrected chi connectivity index (χ0v) is 11.2. The highest BCUT2D eigenvalue weighted by Gasteiger charge is 2.07. The molecule has 2 rings (SSSR count). The molecule has 0 aliphatic rings. The molecule has 5 heteroatoms. The van der Waals surface area contributed by atoms with E-state index in [0.29, 0.717) is 24.4 Å². The van der Waals surface area contributed by atoms with Gasteiger partial charge in [-0.2, -0.15) is 0 Å². The number of nitrogens with zero attached hydrogens (tertiary/aromatic N) is 3. The van der Waals surface area contributed by atoms with Crippen LogP contribution in [0.3, 0.4) is 0 Å². The highest BCUT2D eigenvalue weighted by molar-refractivity contribution is 5.20. The molecule has 1 N–H and O–H groups in total. The molecule has 0 radical (unpaired) electrons. The second-order valence-corrected chi connectivity index (χ2v) is 4.90. The summed E-state index contributed by atoms with van der Waals surface area (Å²) in [6.45, 7) is 5.06. The predicted octanol–water partition coefficient (Wildman–Crippen LogP) is 2.61. The van der Waals surface area contributed by atoms with Crippen molar-refractivity contribution in [3.8, 4) is 0 Å². The van der Waals surface area contributed by atoms with Crippen LogP contribution in [0.2, 0.25) is 0 Å². The number of nitrogens with one attached hydrogen (secondary N) is 1. The third kappa shape index (κ3) is 3.35. The van der Waals surface area contributed by atoms with Gasteiger partial charge in [0.1, 0.15) is 0 Å². The van der Waals surface area contributed by atoms with Crippen molar-refractivity contribution in [3.05, 3.63) is 29.9 Å². The lowest BCUT2D eigenvalue weighted by Gasteiger charge is -2.03.